The number of halogens is 4. The number of guanidine groups is 1. The van der Waals surface area contributed by atoms with E-state index in [-0.39, 0.29) is 48.7 Å². The minimum Gasteiger partial charge on any atom is -0.484 e. The molecule has 0 aliphatic carbocycles. The number of benzene rings is 2. The van der Waals surface area contributed by atoms with Crippen molar-refractivity contribution in [3.63, 3.8) is 0 Å². The zero-order valence-corrected chi connectivity index (χ0v) is 19.9. The molecule has 1 amide bonds. The molecule has 2 aromatic carbocycles. The Bertz CT molecular complexity index is 988. The van der Waals surface area contributed by atoms with Crippen molar-refractivity contribution >= 4 is 41.5 Å². The number of amides is 1. The van der Waals surface area contributed by atoms with Gasteiger partial charge in [0.1, 0.15) is 5.75 Å². The highest BCUT2D eigenvalue weighted by atomic mass is 127. The van der Waals surface area contributed by atoms with Crippen molar-refractivity contribution in [1.29, 1.82) is 0 Å². The molecule has 0 heterocycles. The molecule has 0 saturated carbocycles. The van der Waals surface area contributed by atoms with Crippen molar-refractivity contribution in [1.82, 2.24) is 10.6 Å². The van der Waals surface area contributed by atoms with Crippen LogP contribution in [0.3, 0.4) is 0 Å². The van der Waals surface area contributed by atoms with Crippen molar-refractivity contribution in [3.05, 3.63) is 59.2 Å². The maximum absolute atomic E-state index is 12.5. The highest BCUT2D eigenvalue weighted by Gasteiger charge is 2.28. The number of hydrogen-bond donors (Lipinski definition) is 3. The van der Waals surface area contributed by atoms with Crippen LogP contribution in [-0.4, -0.2) is 38.2 Å². The van der Waals surface area contributed by atoms with Gasteiger partial charge < -0.3 is 20.7 Å². The minimum absolute atomic E-state index is 0. The SMILES string of the molecule is C#Cc1cccc(NC(=O)CNC(=NC)NCc2ccc(C)cc2OCC(F)(F)F)c1.I. The lowest BCUT2D eigenvalue weighted by molar-refractivity contribution is -0.153. The van der Waals surface area contributed by atoms with E-state index in [1.165, 1.54) is 13.1 Å². The number of nitrogens with one attached hydrogen (secondary N) is 3. The van der Waals surface area contributed by atoms with E-state index in [4.69, 9.17) is 11.2 Å². The van der Waals surface area contributed by atoms with Gasteiger partial charge in [-0.15, -0.1) is 30.4 Å². The molecule has 0 radical (unpaired) electrons. The summed E-state index contributed by atoms with van der Waals surface area (Å²) in [5.74, 6) is 2.60. The van der Waals surface area contributed by atoms with Gasteiger partial charge >= 0.3 is 6.18 Å². The summed E-state index contributed by atoms with van der Waals surface area (Å²) in [5.41, 5.74) is 2.50. The maximum Gasteiger partial charge on any atom is 0.422 e. The van der Waals surface area contributed by atoms with Crippen LogP contribution in [0.2, 0.25) is 0 Å². The molecule has 0 unspecified atom stereocenters. The van der Waals surface area contributed by atoms with Crippen LogP contribution in [0.25, 0.3) is 0 Å². The summed E-state index contributed by atoms with van der Waals surface area (Å²) < 4.78 is 42.4. The van der Waals surface area contributed by atoms with Crippen LogP contribution in [0.15, 0.2) is 47.5 Å². The molecule has 32 heavy (non-hydrogen) atoms. The fourth-order valence-electron chi connectivity index (χ4n) is 2.56. The normalized spacial score (nSPS) is 11.1. The Balaban J connectivity index is 0.00000512. The van der Waals surface area contributed by atoms with Crippen molar-refractivity contribution in [2.75, 3.05) is 25.5 Å². The molecular weight excluding hydrogens is 536 g/mol. The molecule has 0 aliphatic rings. The summed E-state index contributed by atoms with van der Waals surface area (Å²) in [6.07, 6.45) is 0.911. The third kappa shape index (κ3) is 9.47. The van der Waals surface area contributed by atoms with Crippen molar-refractivity contribution < 1.29 is 22.7 Å². The fourth-order valence-corrected chi connectivity index (χ4v) is 2.56. The number of aliphatic imine (C=N–C) groups is 1. The summed E-state index contributed by atoms with van der Waals surface area (Å²) in [4.78, 5) is 16.2. The van der Waals surface area contributed by atoms with Crippen LogP contribution in [0.5, 0.6) is 5.75 Å². The number of aryl methyl sites for hydroxylation is 1. The molecule has 3 N–H and O–H groups in total. The number of carbonyl (C=O) groups excluding carboxylic acids is 1. The Hall–Kier alpha value is -2.94. The summed E-state index contributed by atoms with van der Waals surface area (Å²) >= 11 is 0. The Kier molecular flexibility index (Phi) is 10.8. The molecule has 10 heteroatoms. The summed E-state index contributed by atoms with van der Waals surface area (Å²) in [5, 5.41) is 8.50. The van der Waals surface area contributed by atoms with E-state index in [0.717, 1.165) is 5.56 Å². The first kappa shape index (κ1) is 27.1. The molecule has 0 atom stereocenters. The first-order valence-electron chi connectivity index (χ1n) is 9.30. The first-order valence-corrected chi connectivity index (χ1v) is 9.30. The third-order valence-corrected chi connectivity index (χ3v) is 4.01. The van der Waals surface area contributed by atoms with Crippen molar-refractivity contribution in [2.45, 2.75) is 19.6 Å². The standard InChI is InChI=1S/C22H23F3N4O2.HI/c1-4-16-6-5-7-18(11-16)29-20(30)13-28-21(26-3)27-12-17-9-8-15(2)10-19(17)31-14-22(23,24)25;/h1,5-11H,12-14H2,2-3H3,(H,29,30)(H2,26,27,28);1H. The first-order chi connectivity index (χ1) is 14.7. The van der Waals surface area contributed by atoms with E-state index in [0.29, 0.717) is 22.8 Å². The molecule has 2 aromatic rings. The number of terminal acetylenes is 1. The predicted octanol–water partition coefficient (Wildman–Crippen LogP) is 3.84. The van der Waals surface area contributed by atoms with Crippen LogP contribution in [-0.2, 0) is 11.3 Å². The van der Waals surface area contributed by atoms with Crippen LogP contribution in [0, 0.1) is 19.3 Å². The number of hydrogen-bond acceptors (Lipinski definition) is 3. The quantitative estimate of drug-likeness (QED) is 0.208. The minimum atomic E-state index is -4.43. The summed E-state index contributed by atoms with van der Waals surface area (Å²) in [6, 6.07) is 11.8. The topological polar surface area (TPSA) is 74.8 Å². The number of rotatable bonds is 7. The number of ether oxygens (including phenoxy) is 1. The second kappa shape index (κ2) is 12.8. The van der Waals surface area contributed by atoms with Gasteiger partial charge in [0.25, 0.3) is 0 Å². The predicted molar refractivity (Wildman–Crippen MR) is 129 cm³/mol. The number of anilines is 1. The molecule has 0 bridgehead atoms. The number of nitrogens with zero attached hydrogens (tertiary/aromatic N) is 1. The molecule has 0 fully saturated rings. The molecule has 0 saturated heterocycles. The van der Waals surface area contributed by atoms with Gasteiger partial charge in [0.05, 0.1) is 6.54 Å². The lowest BCUT2D eigenvalue weighted by Crippen LogP contribution is -2.41. The van der Waals surface area contributed by atoms with Crippen LogP contribution in [0.4, 0.5) is 18.9 Å². The van der Waals surface area contributed by atoms with Gasteiger partial charge in [-0.1, -0.05) is 24.1 Å². The van der Waals surface area contributed by atoms with Crippen LogP contribution in [0.1, 0.15) is 16.7 Å². The van der Waals surface area contributed by atoms with Crippen LogP contribution < -0.4 is 20.7 Å². The lowest BCUT2D eigenvalue weighted by Gasteiger charge is -2.16. The number of carbonyl (C=O) groups is 1. The van der Waals surface area contributed by atoms with Gasteiger partial charge in [0.2, 0.25) is 5.91 Å². The average molecular weight is 560 g/mol. The van der Waals surface area contributed by atoms with E-state index in [1.54, 1.807) is 43.3 Å². The second-order valence-electron chi connectivity index (χ2n) is 6.57. The van der Waals surface area contributed by atoms with Gasteiger partial charge in [-0.3, -0.25) is 9.79 Å². The van der Waals surface area contributed by atoms with Gasteiger partial charge in [-0.05, 0) is 36.8 Å². The Morgan fingerprint density at radius 1 is 1.19 bits per heavy atom. The van der Waals surface area contributed by atoms with Gasteiger partial charge in [0.15, 0.2) is 12.6 Å². The third-order valence-electron chi connectivity index (χ3n) is 4.01. The number of alkyl halides is 3. The highest BCUT2D eigenvalue weighted by Crippen LogP contribution is 2.23. The smallest absolute Gasteiger partial charge is 0.422 e. The highest BCUT2D eigenvalue weighted by molar-refractivity contribution is 14.0. The summed E-state index contributed by atoms with van der Waals surface area (Å²) in [7, 11) is 1.51. The van der Waals surface area contributed by atoms with Gasteiger partial charge in [-0.2, -0.15) is 13.2 Å². The van der Waals surface area contributed by atoms with Crippen LogP contribution >= 0.6 is 24.0 Å². The van der Waals surface area contributed by atoms with E-state index in [2.05, 4.69) is 26.9 Å². The van der Waals surface area contributed by atoms with E-state index in [9.17, 15) is 18.0 Å². The molecule has 6 nitrogen and oxygen atoms in total. The Morgan fingerprint density at radius 3 is 2.59 bits per heavy atom. The maximum atomic E-state index is 12.5. The fraction of sp³-hybridized carbons (Fsp3) is 0.273. The largest absolute Gasteiger partial charge is 0.484 e. The molecule has 0 spiro atoms. The zero-order chi connectivity index (χ0) is 22.9. The van der Waals surface area contributed by atoms with E-state index >= 15 is 0 Å². The second-order valence-corrected chi connectivity index (χ2v) is 6.57. The zero-order valence-electron chi connectivity index (χ0n) is 17.5. The van der Waals surface area contributed by atoms with E-state index in [1.807, 2.05) is 0 Å². The molecular formula is C22H24F3IN4O2. The molecule has 0 aromatic heterocycles. The lowest BCUT2D eigenvalue weighted by atomic mass is 10.1. The Labute approximate surface area is 202 Å². The monoisotopic (exact) mass is 560 g/mol. The Morgan fingerprint density at radius 2 is 1.94 bits per heavy atom. The van der Waals surface area contributed by atoms with Gasteiger partial charge in [0, 0.05) is 30.4 Å². The summed E-state index contributed by atoms with van der Waals surface area (Å²) in [6.45, 7) is 0.456. The van der Waals surface area contributed by atoms with Gasteiger partial charge in [-0.25, -0.2) is 0 Å². The molecule has 172 valence electrons. The molecule has 2 rings (SSSR count). The van der Waals surface area contributed by atoms with Crippen molar-refractivity contribution in [2.24, 2.45) is 4.99 Å². The van der Waals surface area contributed by atoms with E-state index < -0.39 is 12.8 Å². The average Bonchev–Trinajstić information content (AvgIpc) is 2.73. The van der Waals surface area contributed by atoms with Crippen molar-refractivity contribution in [3.8, 4) is 18.1 Å². The molecule has 0 aliphatic heterocycles.